The Bertz CT molecular complexity index is 466. The van der Waals surface area contributed by atoms with Gasteiger partial charge in [-0.15, -0.1) is 0 Å². The molecule has 0 aliphatic carbocycles. The zero-order valence-corrected chi connectivity index (χ0v) is 12.8. The Morgan fingerprint density at radius 2 is 1.67 bits per heavy atom. The summed E-state index contributed by atoms with van der Waals surface area (Å²) in [5.74, 6) is -2.48. The molecular weight excluding hydrogens is 268 g/mol. The van der Waals surface area contributed by atoms with E-state index in [0.717, 1.165) is 44.5 Å². The number of aliphatic carboxylic acids is 1. The second-order valence-corrected chi connectivity index (χ2v) is 4.97. The molecule has 0 fully saturated rings. The molecule has 0 radical (unpaired) electrons. The van der Waals surface area contributed by atoms with E-state index >= 15 is 0 Å². The number of hydrogen-bond acceptors (Lipinski definition) is 3. The molecule has 0 atom stereocenters. The Morgan fingerprint density at radius 1 is 1.10 bits per heavy atom. The van der Waals surface area contributed by atoms with Crippen molar-refractivity contribution < 1.29 is 14.7 Å². The summed E-state index contributed by atoms with van der Waals surface area (Å²) in [4.78, 5) is 24.3. The van der Waals surface area contributed by atoms with Gasteiger partial charge in [-0.2, -0.15) is 0 Å². The zero-order valence-electron chi connectivity index (χ0n) is 12.8. The number of hydrogen-bond donors (Lipinski definition) is 2. The second-order valence-electron chi connectivity index (χ2n) is 4.97. The monoisotopic (exact) mass is 292 g/mol. The summed E-state index contributed by atoms with van der Waals surface area (Å²) in [5.41, 5.74) is 1.44. The minimum absolute atomic E-state index is 0.553. The lowest BCUT2D eigenvalue weighted by atomic mass is 10.2. The molecule has 0 saturated carbocycles. The number of unbranched alkanes of at least 4 members (excludes halogenated alkanes) is 2. The lowest BCUT2D eigenvalue weighted by Gasteiger charge is -2.27. The minimum Gasteiger partial charge on any atom is -0.474 e. The number of para-hydroxylation sites is 2. The SMILES string of the molecule is CCCCN(CCCC)c1ccccc1NC(=O)C(=O)O. The number of benzene rings is 1. The summed E-state index contributed by atoms with van der Waals surface area (Å²) in [6.45, 7) is 6.07. The normalized spacial score (nSPS) is 10.2. The molecule has 1 aromatic rings. The Labute approximate surface area is 126 Å². The predicted molar refractivity (Wildman–Crippen MR) is 84.7 cm³/mol. The highest BCUT2D eigenvalue weighted by molar-refractivity contribution is 6.36. The summed E-state index contributed by atoms with van der Waals surface area (Å²) < 4.78 is 0. The smallest absolute Gasteiger partial charge is 0.394 e. The first-order valence-corrected chi connectivity index (χ1v) is 7.48. The predicted octanol–water partition coefficient (Wildman–Crippen LogP) is 3.12. The molecule has 0 aliphatic rings. The molecule has 116 valence electrons. The van der Waals surface area contributed by atoms with Gasteiger partial charge in [-0.25, -0.2) is 4.79 Å². The zero-order chi connectivity index (χ0) is 15.7. The summed E-state index contributed by atoms with van der Waals surface area (Å²) in [5, 5.41) is 11.2. The van der Waals surface area contributed by atoms with Crippen molar-refractivity contribution in [2.45, 2.75) is 39.5 Å². The van der Waals surface area contributed by atoms with Crippen LogP contribution in [0, 0.1) is 0 Å². The number of nitrogens with one attached hydrogen (secondary N) is 1. The Kier molecular flexibility index (Phi) is 7.29. The summed E-state index contributed by atoms with van der Waals surface area (Å²) in [6, 6.07) is 7.35. The number of anilines is 2. The summed E-state index contributed by atoms with van der Waals surface area (Å²) >= 11 is 0. The fourth-order valence-corrected chi connectivity index (χ4v) is 2.08. The van der Waals surface area contributed by atoms with Crippen LogP contribution in [-0.4, -0.2) is 30.1 Å². The van der Waals surface area contributed by atoms with Crippen molar-refractivity contribution in [3.05, 3.63) is 24.3 Å². The molecule has 0 bridgehead atoms. The molecule has 0 spiro atoms. The van der Waals surface area contributed by atoms with Gasteiger partial charge in [0, 0.05) is 13.1 Å². The highest BCUT2D eigenvalue weighted by Gasteiger charge is 2.16. The summed E-state index contributed by atoms with van der Waals surface area (Å²) in [6.07, 6.45) is 4.30. The number of nitrogens with zero attached hydrogens (tertiary/aromatic N) is 1. The van der Waals surface area contributed by atoms with Gasteiger partial charge in [0.25, 0.3) is 0 Å². The minimum atomic E-state index is -1.47. The fourth-order valence-electron chi connectivity index (χ4n) is 2.08. The molecular formula is C16H24N2O3. The van der Waals surface area contributed by atoms with Crippen molar-refractivity contribution in [3.8, 4) is 0 Å². The van der Waals surface area contributed by atoms with Crippen molar-refractivity contribution >= 4 is 23.3 Å². The van der Waals surface area contributed by atoms with E-state index in [2.05, 4.69) is 24.1 Å². The van der Waals surface area contributed by atoms with Crippen molar-refractivity contribution in [3.63, 3.8) is 0 Å². The molecule has 0 heterocycles. The lowest BCUT2D eigenvalue weighted by molar-refractivity contribution is -0.147. The standard InChI is InChI=1S/C16H24N2O3/c1-3-5-11-18(12-6-4-2)14-10-8-7-9-13(14)17-15(19)16(20)21/h7-10H,3-6,11-12H2,1-2H3,(H,17,19)(H,20,21). The van der Waals surface area contributed by atoms with Crippen molar-refractivity contribution in [1.82, 2.24) is 0 Å². The van der Waals surface area contributed by atoms with Crippen LogP contribution in [0.3, 0.4) is 0 Å². The van der Waals surface area contributed by atoms with Gasteiger partial charge in [0.05, 0.1) is 11.4 Å². The molecule has 0 aromatic heterocycles. The quantitative estimate of drug-likeness (QED) is 0.722. The molecule has 2 N–H and O–H groups in total. The van der Waals surface area contributed by atoms with Crippen molar-refractivity contribution in [2.75, 3.05) is 23.3 Å². The number of amides is 1. The number of carboxylic acids is 1. The lowest BCUT2D eigenvalue weighted by Crippen LogP contribution is -2.28. The molecule has 1 aromatic carbocycles. The average molecular weight is 292 g/mol. The van der Waals surface area contributed by atoms with Crippen LogP contribution in [0.1, 0.15) is 39.5 Å². The second kappa shape index (κ2) is 9.00. The van der Waals surface area contributed by atoms with E-state index in [1.807, 2.05) is 12.1 Å². The molecule has 0 aliphatic heterocycles. The van der Waals surface area contributed by atoms with Crippen LogP contribution >= 0.6 is 0 Å². The van der Waals surface area contributed by atoms with E-state index in [1.54, 1.807) is 12.1 Å². The maximum Gasteiger partial charge on any atom is 0.394 e. The Balaban J connectivity index is 2.94. The first-order chi connectivity index (χ1) is 10.1. The van der Waals surface area contributed by atoms with E-state index in [-0.39, 0.29) is 0 Å². The van der Waals surface area contributed by atoms with Gasteiger partial charge in [0.15, 0.2) is 0 Å². The van der Waals surface area contributed by atoms with Gasteiger partial charge >= 0.3 is 11.9 Å². The molecule has 1 rings (SSSR count). The average Bonchev–Trinajstić information content (AvgIpc) is 2.48. The third-order valence-corrected chi connectivity index (χ3v) is 3.25. The van der Waals surface area contributed by atoms with E-state index in [0.29, 0.717) is 5.69 Å². The van der Waals surface area contributed by atoms with Crippen LogP contribution in [0.25, 0.3) is 0 Å². The van der Waals surface area contributed by atoms with Crippen LogP contribution in [0.4, 0.5) is 11.4 Å². The van der Waals surface area contributed by atoms with Crippen LogP contribution in [-0.2, 0) is 9.59 Å². The number of carboxylic acid groups (broad SMARTS) is 1. The van der Waals surface area contributed by atoms with Gasteiger partial charge in [0.1, 0.15) is 0 Å². The first kappa shape index (κ1) is 17.0. The molecule has 5 heteroatoms. The van der Waals surface area contributed by atoms with Gasteiger partial charge in [-0.05, 0) is 25.0 Å². The van der Waals surface area contributed by atoms with Crippen LogP contribution in [0.15, 0.2) is 24.3 Å². The Morgan fingerprint density at radius 3 is 2.19 bits per heavy atom. The highest BCUT2D eigenvalue weighted by Crippen LogP contribution is 2.26. The largest absolute Gasteiger partial charge is 0.474 e. The molecule has 21 heavy (non-hydrogen) atoms. The van der Waals surface area contributed by atoms with Crippen LogP contribution in [0.2, 0.25) is 0 Å². The number of rotatable bonds is 8. The van der Waals surface area contributed by atoms with Crippen molar-refractivity contribution in [1.29, 1.82) is 0 Å². The van der Waals surface area contributed by atoms with Gasteiger partial charge < -0.3 is 15.3 Å². The number of carbonyl (C=O) groups excluding carboxylic acids is 1. The third kappa shape index (κ3) is 5.45. The van der Waals surface area contributed by atoms with Gasteiger partial charge in [0.2, 0.25) is 0 Å². The highest BCUT2D eigenvalue weighted by atomic mass is 16.4. The maximum atomic E-state index is 11.4. The van der Waals surface area contributed by atoms with Gasteiger partial charge in [-0.3, -0.25) is 4.79 Å². The molecule has 0 unspecified atom stereocenters. The topological polar surface area (TPSA) is 69.6 Å². The maximum absolute atomic E-state index is 11.4. The van der Waals surface area contributed by atoms with Gasteiger partial charge in [-0.1, -0.05) is 38.8 Å². The molecule has 5 nitrogen and oxygen atoms in total. The molecule has 1 amide bonds. The third-order valence-electron chi connectivity index (χ3n) is 3.25. The Hall–Kier alpha value is -2.04. The van der Waals surface area contributed by atoms with E-state index < -0.39 is 11.9 Å². The number of carbonyl (C=O) groups is 2. The summed E-state index contributed by atoms with van der Waals surface area (Å²) in [7, 11) is 0. The van der Waals surface area contributed by atoms with E-state index in [9.17, 15) is 9.59 Å². The fraction of sp³-hybridized carbons (Fsp3) is 0.500. The first-order valence-electron chi connectivity index (χ1n) is 7.48. The van der Waals surface area contributed by atoms with Crippen molar-refractivity contribution in [2.24, 2.45) is 0 Å². The van der Waals surface area contributed by atoms with E-state index in [1.165, 1.54) is 0 Å². The molecule has 0 saturated heterocycles. The van der Waals surface area contributed by atoms with Crippen LogP contribution < -0.4 is 10.2 Å². The van der Waals surface area contributed by atoms with Crippen LogP contribution in [0.5, 0.6) is 0 Å². The van der Waals surface area contributed by atoms with E-state index in [4.69, 9.17) is 5.11 Å².